The second-order valence-corrected chi connectivity index (χ2v) is 7.71. The van der Waals surface area contributed by atoms with Gasteiger partial charge in [-0.2, -0.15) is 0 Å². The fraction of sp³-hybridized carbons (Fsp3) is 0.571. The highest BCUT2D eigenvalue weighted by Crippen LogP contribution is 2.24. The van der Waals surface area contributed by atoms with Crippen LogP contribution >= 0.6 is 11.6 Å². The first kappa shape index (κ1) is 16.7. The third-order valence-electron chi connectivity index (χ3n) is 3.58. The van der Waals surface area contributed by atoms with Gasteiger partial charge in [-0.15, -0.1) is 0 Å². The Bertz CT molecular complexity index is 579. The zero-order chi connectivity index (χ0) is 15.5. The van der Waals surface area contributed by atoms with E-state index in [1.807, 2.05) is 18.2 Å². The van der Waals surface area contributed by atoms with Crippen LogP contribution in [0.5, 0.6) is 0 Å². The van der Waals surface area contributed by atoms with Gasteiger partial charge in [0.05, 0.1) is 12.4 Å². The second kappa shape index (κ2) is 7.07. The fourth-order valence-electron chi connectivity index (χ4n) is 2.71. The predicted molar refractivity (Wildman–Crippen MR) is 83.9 cm³/mol. The third-order valence-corrected chi connectivity index (χ3v) is 4.69. The number of benzene rings is 1. The summed E-state index contributed by atoms with van der Waals surface area (Å²) >= 11 is 6.08. The number of likely N-dealkylation sites (tertiary alicyclic amines) is 1. The van der Waals surface area contributed by atoms with Crippen LogP contribution in [0.3, 0.4) is 0 Å². The molecule has 21 heavy (non-hydrogen) atoms. The Labute approximate surface area is 131 Å². The normalized spacial score (nSPS) is 22.1. The third kappa shape index (κ3) is 5.23. The van der Waals surface area contributed by atoms with Crippen molar-refractivity contribution in [2.24, 2.45) is 0 Å². The maximum atomic E-state index is 11.3. The number of hydrogen-bond donors (Lipinski definition) is 2. The largest absolute Gasteiger partial charge is 0.387 e. The van der Waals surface area contributed by atoms with Gasteiger partial charge in [0.25, 0.3) is 0 Å². The van der Waals surface area contributed by atoms with Gasteiger partial charge in [0.2, 0.25) is 10.0 Å². The Kier molecular flexibility index (Phi) is 5.62. The van der Waals surface area contributed by atoms with E-state index in [1.165, 1.54) is 6.26 Å². The van der Waals surface area contributed by atoms with Gasteiger partial charge in [-0.25, -0.2) is 13.1 Å². The van der Waals surface area contributed by atoms with Crippen molar-refractivity contribution in [3.8, 4) is 0 Å². The molecule has 2 rings (SSSR count). The van der Waals surface area contributed by atoms with E-state index >= 15 is 0 Å². The summed E-state index contributed by atoms with van der Waals surface area (Å²) in [6.45, 7) is 1.91. The monoisotopic (exact) mass is 332 g/mol. The first-order chi connectivity index (χ1) is 9.85. The molecule has 1 fully saturated rings. The zero-order valence-corrected chi connectivity index (χ0v) is 13.6. The van der Waals surface area contributed by atoms with Crippen molar-refractivity contribution in [1.82, 2.24) is 9.62 Å². The van der Waals surface area contributed by atoms with Crippen LogP contribution in [0, 0.1) is 0 Å². The van der Waals surface area contributed by atoms with Gasteiger partial charge < -0.3 is 5.11 Å². The summed E-state index contributed by atoms with van der Waals surface area (Å²) in [6, 6.07) is 7.14. The SMILES string of the molecule is CS(=O)(=O)NC1CCCN(CC(O)c2ccccc2Cl)C1. The highest BCUT2D eigenvalue weighted by molar-refractivity contribution is 7.88. The number of aliphatic hydroxyl groups is 1. The van der Waals surface area contributed by atoms with Gasteiger partial charge in [0, 0.05) is 29.7 Å². The molecule has 0 saturated carbocycles. The van der Waals surface area contributed by atoms with Gasteiger partial charge in [0.1, 0.15) is 0 Å². The van der Waals surface area contributed by atoms with Crippen LogP contribution < -0.4 is 4.72 Å². The first-order valence-electron chi connectivity index (χ1n) is 6.97. The zero-order valence-electron chi connectivity index (χ0n) is 12.0. The summed E-state index contributed by atoms with van der Waals surface area (Å²) in [7, 11) is -3.19. The van der Waals surface area contributed by atoms with E-state index in [0.29, 0.717) is 23.7 Å². The van der Waals surface area contributed by atoms with E-state index in [4.69, 9.17) is 11.6 Å². The summed E-state index contributed by atoms with van der Waals surface area (Å²) in [5.41, 5.74) is 0.706. The topological polar surface area (TPSA) is 69.6 Å². The van der Waals surface area contributed by atoms with Gasteiger partial charge in [-0.3, -0.25) is 4.90 Å². The van der Waals surface area contributed by atoms with Gasteiger partial charge in [-0.05, 0) is 25.5 Å². The molecular formula is C14H21ClN2O3S. The van der Waals surface area contributed by atoms with E-state index in [0.717, 1.165) is 19.4 Å². The van der Waals surface area contributed by atoms with Crippen molar-refractivity contribution in [2.75, 3.05) is 25.9 Å². The van der Waals surface area contributed by atoms with Crippen molar-refractivity contribution in [2.45, 2.75) is 25.0 Å². The van der Waals surface area contributed by atoms with Crippen molar-refractivity contribution in [3.05, 3.63) is 34.9 Å². The second-order valence-electron chi connectivity index (χ2n) is 5.53. The molecule has 0 radical (unpaired) electrons. The summed E-state index contributed by atoms with van der Waals surface area (Å²) in [6.07, 6.45) is 2.23. The van der Waals surface area contributed by atoms with Crippen molar-refractivity contribution >= 4 is 21.6 Å². The molecule has 2 unspecified atom stereocenters. The van der Waals surface area contributed by atoms with Crippen molar-refractivity contribution < 1.29 is 13.5 Å². The number of piperidine rings is 1. The van der Waals surface area contributed by atoms with Crippen LogP contribution in [0.1, 0.15) is 24.5 Å². The van der Waals surface area contributed by atoms with Crippen LogP contribution in [0.2, 0.25) is 5.02 Å². The van der Waals surface area contributed by atoms with Gasteiger partial charge in [-0.1, -0.05) is 29.8 Å². The number of nitrogens with one attached hydrogen (secondary N) is 1. The Hall–Kier alpha value is -0.660. The standard InChI is InChI=1S/C14H21ClN2O3S/c1-21(19,20)16-11-5-4-8-17(9-11)10-14(18)12-6-2-3-7-13(12)15/h2-3,6-7,11,14,16,18H,4-5,8-10H2,1H3. The number of halogens is 1. The molecule has 5 nitrogen and oxygen atoms in total. The lowest BCUT2D eigenvalue weighted by Gasteiger charge is -2.34. The summed E-state index contributed by atoms with van der Waals surface area (Å²) in [5, 5.41) is 10.9. The average molecular weight is 333 g/mol. The Morgan fingerprint density at radius 2 is 2.19 bits per heavy atom. The first-order valence-corrected chi connectivity index (χ1v) is 9.24. The molecule has 118 valence electrons. The molecule has 2 atom stereocenters. The average Bonchev–Trinajstić information content (AvgIpc) is 2.37. The fourth-order valence-corrected chi connectivity index (χ4v) is 3.77. The Balaban J connectivity index is 1.95. The lowest BCUT2D eigenvalue weighted by atomic mass is 10.0. The van der Waals surface area contributed by atoms with E-state index in [1.54, 1.807) is 6.07 Å². The van der Waals surface area contributed by atoms with Gasteiger partial charge in [0.15, 0.2) is 0 Å². The lowest BCUT2D eigenvalue weighted by molar-refractivity contribution is 0.0944. The molecule has 1 saturated heterocycles. The molecule has 1 heterocycles. The van der Waals surface area contributed by atoms with Crippen LogP contribution in [0.4, 0.5) is 0 Å². The van der Waals surface area contributed by atoms with Gasteiger partial charge >= 0.3 is 0 Å². The minimum atomic E-state index is -3.19. The Morgan fingerprint density at radius 3 is 2.86 bits per heavy atom. The quantitative estimate of drug-likeness (QED) is 0.855. The van der Waals surface area contributed by atoms with Crippen LogP contribution in [0.15, 0.2) is 24.3 Å². The maximum absolute atomic E-state index is 11.3. The van der Waals surface area contributed by atoms with Crippen LogP contribution in [-0.4, -0.2) is 50.4 Å². The lowest BCUT2D eigenvalue weighted by Crippen LogP contribution is -2.48. The van der Waals surface area contributed by atoms with Crippen LogP contribution in [-0.2, 0) is 10.0 Å². The summed E-state index contributed by atoms with van der Waals surface area (Å²) in [5.74, 6) is 0. The predicted octanol–water partition coefficient (Wildman–Crippen LogP) is 1.39. The minimum absolute atomic E-state index is 0.0906. The van der Waals surface area contributed by atoms with E-state index in [-0.39, 0.29) is 6.04 Å². The number of hydrogen-bond acceptors (Lipinski definition) is 4. The molecule has 0 aliphatic carbocycles. The van der Waals surface area contributed by atoms with Crippen LogP contribution in [0.25, 0.3) is 0 Å². The number of nitrogens with zero attached hydrogens (tertiary/aromatic N) is 1. The van der Waals surface area contributed by atoms with E-state index in [2.05, 4.69) is 9.62 Å². The number of rotatable bonds is 5. The molecule has 0 aromatic heterocycles. The smallest absolute Gasteiger partial charge is 0.208 e. The summed E-state index contributed by atoms with van der Waals surface area (Å²) < 4.78 is 25.2. The number of aliphatic hydroxyl groups excluding tert-OH is 1. The summed E-state index contributed by atoms with van der Waals surface area (Å²) in [4.78, 5) is 2.07. The molecule has 7 heteroatoms. The maximum Gasteiger partial charge on any atom is 0.208 e. The number of sulfonamides is 1. The van der Waals surface area contributed by atoms with E-state index < -0.39 is 16.1 Å². The molecule has 0 bridgehead atoms. The highest BCUT2D eigenvalue weighted by Gasteiger charge is 2.24. The molecule has 1 aliphatic rings. The van der Waals surface area contributed by atoms with Crippen molar-refractivity contribution in [1.29, 1.82) is 0 Å². The molecule has 1 aromatic carbocycles. The Morgan fingerprint density at radius 1 is 1.48 bits per heavy atom. The minimum Gasteiger partial charge on any atom is -0.387 e. The molecule has 1 aromatic rings. The van der Waals surface area contributed by atoms with E-state index in [9.17, 15) is 13.5 Å². The molecule has 0 spiro atoms. The molecular weight excluding hydrogens is 312 g/mol. The molecule has 2 N–H and O–H groups in total. The highest BCUT2D eigenvalue weighted by atomic mass is 35.5. The van der Waals surface area contributed by atoms with Crippen molar-refractivity contribution in [3.63, 3.8) is 0 Å². The molecule has 0 amide bonds. The number of β-amino-alcohol motifs (C(OH)–C–C–N with tert-alkyl or cyclic N) is 1. The molecule has 1 aliphatic heterocycles.